The number of para-hydroxylation sites is 1. The van der Waals surface area contributed by atoms with E-state index in [9.17, 15) is 9.90 Å². The normalized spacial score (nSPS) is 23.9. The highest BCUT2D eigenvalue weighted by Crippen LogP contribution is 2.29. The molecule has 0 radical (unpaired) electrons. The summed E-state index contributed by atoms with van der Waals surface area (Å²) in [6, 6.07) is 8.60. The molecule has 2 N–H and O–H groups in total. The lowest BCUT2D eigenvalue weighted by Gasteiger charge is -2.35. The van der Waals surface area contributed by atoms with Crippen LogP contribution in [-0.4, -0.2) is 42.7 Å². The second-order valence-electron chi connectivity index (χ2n) is 7.06. The number of nitrogens with one attached hydrogen (secondary N) is 1. The second kappa shape index (κ2) is 7.45. The summed E-state index contributed by atoms with van der Waals surface area (Å²) in [6.07, 6.45) is 3.82. The van der Waals surface area contributed by atoms with Crippen LogP contribution in [0.3, 0.4) is 0 Å². The van der Waals surface area contributed by atoms with Crippen molar-refractivity contribution < 1.29 is 9.90 Å². The third kappa shape index (κ3) is 3.93. The molecular weight excluding hydrogens is 288 g/mol. The van der Waals surface area contributed by atoms with Crippen LogP contribution in [0.1, 0.15) is 38.2 Å². The maximum absolute atomic E-state index is 12.5. The van der Waals surface area contributed by atoms with E-state index in [4.69, 9.17) is 0 Å². The van der Waals surface area contributed by atoms with Crippen molar-refractivity contribution in [2.75, 3.05) is 24.5 Å². The average molecular weight is 316 g/mol. The fraction of sp³-hybridized carbons (Fsp3) is 0.632. The van der Waals surface area contributed by atoms with Crippen LogP contribution in [0.2, 0.25) is 0 Å². The van der Waals surface area contributed by atoms with Crippen molar-refractivity contribution >= 4 is 11.5 Å². The lowest BCUT2D eigenvalue weighted by atomic mass is 9.93. The Labute approximate surface area is 138 Å². The number of hydrogen-bond donors (Lipinski definition) is 2. The Morgan fingerprint density at radius 2 is 2.09 bits per heavy atom. The largest absolute Gasteiger partial charge is 0.385 e. The highest BCUT2D eigenvalue weighted by Gasteiger charge is 2.29. The first-order valence-electron chi connectivity index (χ1n) is 8.92. The van der Waals surface area contributed by atoms with Gasteiger partial charge in [0.05, 0.1) is 0 Å². The Morgan fingerprint density at radius 1 is 1.35 bits per heavy atom. The molecule has 1 aromatic rings. The molecule has 23 heavy (non-hydrogen) atoms. The molecule has 2 unspecified atom stereocenters. The van der Waals surface area contributed by atoms with Crippen molar-refractivity contribution in [3.8, 4) is 0 Å². The van der Waals surface area contributed by atoms with Gasteiger partial charge in [0, 0.05) is 37.8 Å². The number of aliphatic hydroxyl groups excluding tert-OH is 1. The lowest BCUT2D eigenvalue weighted by Crippen LogP contribution is -2.49. The Bertz CT molecular complexity index is 540. The molecule has 3 rings (SSSR count). The van der Waals surface area contributed by atoms with Crippen molar-refractivity contribution in [3.05, 3.63) is 29.8 Å². The second-order valence-corrected chi connectivity index (χ2v) is 7.06. The van der Waals surface area contributed by atoms with Crippen molar-refractivity contribution in [3.63, 3.8) is 0 Å². The number of piperazine rings is 1. The minimum absolute atomic E-state index is 0.0208. The van der Waals surface area contributed by atoms with Crippen LogP contribution in [0, 0.1) is 5.92 Å². The van der Waals surface area contributed by atoms with Crippen LogP contribution in [-0.2, 0) is 11.2 Å². The topological polar surface area (TPSA) is 52.6 Å². The zero-order valence-electron chi connectivity index (χ0n) is 14.0. The molecule has 1 aliphatic heterocycles. The number of Topliss-reactive ketones (excluding diaryl/α,β-unsaturated/α-hetero) is 1. The number of hydrogen-bond acceptors (Lipinski definition) is 4. The molecule has 4 nitrogen and oxygen atoms in total. The summed E-state index contributed by atoms with van der Waals surface area (Å²) in [6.45, 7) is 5.06. The smallest absolute Gasteiger partial charge is 0.165 e. The van der Waals surface area contributed by atoms with E-state index in [2.05, 4.69) is 23.2 Å². The van der Waals surface area contributed by atoms with E-state index in [0.717, 1.165) is 56.6 Å². The van der Waals surface area contributed by atoms with Gasteiger partial charge in [-0.1, -0.05) is 31.0 Å². The van der Waals surface area contributed by atoms with Crippen molar-refractivity contribution in [2.45, 2.75) is 51.2 Å². The summed E-state index contributed by atoms with van der Waals surface area (Å²) in [5.74, 6) is 0.154. The minimum atomic E-state index is -0.785. The number of aliphatic hydroxyl groups is 1. The molecule has 1 aliphatic carbocycles. The van der Waals surface area contributed by atoms with Crippen molar-refractivity contribution in [2.24, 2.45) is 5.92 Å². The third-order valence-electron chi connectivity index (χ3n) is 5.24. The molecule has 1 aromatic carbocycles. The van der Waals surface area contributed by atoms with Crippen LogP contribution in [0.4, 0.5) is 5.69 Å². The van der Waals surface area contributed by atoms with Crippen molar-refractivity contribution in [1.29, 1.82) is 0 Å². The van der Waals surface area contributed by atoms with Gasteiger partial charge in [-0.25, -0.2) is 0 Å². The molecule has 0 aromatic heterocycles. The van der Waals surface area contributed by atoms with Gasteiger partial charge in [0.2, 0.25) is 0 Å². The van der Waals surface area contributed by atoms with Gasteiger partial charge in [-0.15, -0.1) is 0 Å². The first-order valence-corrected chi connectivity index (χ1v) is 8.92. The van der Waals surface area contributed by atoms with Gasteiger partial charge in [0.15, 0.2) is 5.78 Å². The summed E-state index contributed by atoms with van der Waals surface area (Å²) >= 11 is 0. The molecule has 1 heterocycles. The maximum atomic E-state index is 12.5. The number of nitrogens with zero attached hydrogens (tertiary/aromatic N) is 1. The summed E-state index contributed by atoms with van der Waals surface area (Å²) in [4.78, 5) is 14.9. The van der Waals surface area contributed by atoms with Gasteiger partial charge >= 0.3 is 0 Å². The third-order valence-corrected chi connectivity index (χ3v) is 5.24. The van der Waals surface area contributed by atoms with Crippen LogP contribution in [0.5, 0.6) is 0 Å². The summed E-state index contributed by atoms with van der Waals surface area (Å²) < 4.78 is 0. The van der Waals surface area contributed by atoms with Gasteiger partial charge < -0.3 is 15.3 Å². The number of ketones is 1. The molecule has 2 atom stereocenters. The lowest BCUT2D eigenvalue weighted by molar-refractivity contribution is -0.129. The predicted octanol–water partition coefficient (Wildman–Crippen LogP) is 2.15. The average Bonchev–Trinajstić information content (AvgIpc) is 3.09. The van der Waals surface area contributed by atoms with E-state index in [1.54, 1.807) is 0 Å². The zero-order valence-corrected chi connectivity index (χ0v) is 14.0. The number of carbonyl (C=O) groups excluding carboxylic acids is 1. The van der Waals surface area contributed by atoms with Crippen LogP contribution >= 0.6 is 0 Å². The van der Waals surface area contributed by atoms with Gasteiger partial charge in [-0.05, 0) is 37.3 Å². The molecule has 2 aliphatic rings. The Kier molecular flexibility index (Phi) is 5.34. The number of carbonyl (C=O) groups is 1. The van der Waals surface area contributed by atoms with E-state index in [1.807, 2.05) is 18.2 Å². The standard InChI is InChI=1S/C19H28N2O2/c1-14-13-21(11-10-20-14)17-9-5-4-8-16(17)12-18(22)19(23)15-6-2-3-7-15/h4-5,8-9,14-15,19-20,23H,2-3,6-7,10-13H2,1H3. The molecule has 4 heteroatoms. The fourth-order valence-electron chi connectivity index (χ4n) is 3.95. The SMILES string of the molecule is CC1CN(c2ccccc2CC(=O)C(O)C2CCCC2)CCN1. The van der Waals surface area contributed by atoms with E-state index in [-0.39, 0.29) is 11.7 Å². The zero-order chi connectivity index (χ0) is 16.2. The van der Waals surface area contributed by atoms with E-state index >= 15 is 0 Å². The van der Waals surface area contributed by atoms with Gasteiger partial charge in [0.25, 0.3) is 0 Å². The quantitative estimate of drug-likeness (QED) is 0.874. The summed E-state index contributed by atoms with van der Waals surface area (Å²) in [5, 5.41) is 13.8. The first-order chi connectivity index (χ1) is 11.1. The van der Waals surface area contributed by atoms with Crippen molar-refractivity contribution in [1.82, 2.24) is 5.32 Å². The number of rotatable bonds is 5. The fourth-order valence-corrected chi connectivity index (χ4v) is 3.95. The summed E-state index contributed by atoms with van der Waals surface area (Å²) in [5.41, 5.74) is 2.19. The number of benzene rings is 1. The van der Waals surface area contributed by atoms with E-state index < -0.39 is 6.10 Å². The van der Waals surface area contributed by atoms with Gasteiger partial charge in [-0.3, -0.25) is 4.79 Å². The Balaban J connectivity index is 1.71. The van der Waals surface area contributed by atoms with Crippen LogP contribution in [0.15, 0.2) is 24.3 Å². The maximum Gasteiger partial charge on any atom is 0.165 e. The highest BCUT2D eigenvalue weighted by atomic mass is 16.3. The van der Waals surface area contributed by atoms with Crippen LogP contribution < -0.4 is 10.2 Å². The molecular formula is C19H28N2O2. The van der Waals surface area contributed by atoms with E-state index in [1.165, 1.54) is 0 Å². The molecule has 0 spiro atoms. The summed E-state index contributed by atoms with van der Waals surface area (Å²) in [7, 11) is 0. The predicted molar refractivity (Wildman–Crippen MR) is 92.8 cm³/mol. The number of anilines is 1. The van der Waals surface area contributed by atoms with Crippen LogP contribution in [0.25, 0.3) is 0 Å². The minimum Gasteiger partial charge on any atom is -0.385 e. The van der Waals surface area contributed by atoms with Gasteiger partial charge in [0.1, 0.15) is 6.10 Å². The first kappa shape index (κ1) is 16.5. The van der Waals surface area contributed by atoms with E-state index in [0.29, 0.717) is 12.5 Å². The Morgan fingerprint density at radius 3 is 2.83 bits per heavy atom. The molecule has 1 saturated carbocycles. The molecule has 126 valence electrons. The highest BCUT2D eigenvalue weighted by molar-refractivity contribution is 5.86. The molecule has 0 amide bonds. The Hall–Kier alpha value is -1.39. The molecule has 1 saturated heterocycles. The van der Waals surface area contributed by atoms with Gasteiger partial charge in [-0.2, -0.15) is 0 Å². The molecule has 2 fully saturated rings. The molecule has 0 bridgehead atoms. The monoisotopic (exact) mass is 316 g/mol.